The van der Waals surface area contributed by atoms with Crippen molar-refractivity contribution in [1.29, 1.82) is 0 Å². The number of amides is 1. The van der Waals surface area contributed by atoms with E-state index in [1.165, 1.54) is 19.3 Å². The van der Waals surface area contributed by atoms with Gasteiger partial charge in [0, 0.05) is 5.69 Å². The fourth-order valence-corrected chi connectivity index (χ4v) is 3.21. The topological polar surface area (TPSA) is 47.6 Å². The SMILES string of the molecule is CCCCCCOc1ccc(NC(=O)C(C)Oc2ccc(-c3ccccc3)cc2)cc1. The average molecular weight is 418 g/mol. The van der Waals surface area contributed by atoms with E-state index in [1.54, 1.807) is 6.92 Å². The third-order valence-corrected chi connectivity index (χ3v) is 5.03. The molecular formula is C27H31NO3. The highest BCUT2D eigenvalue weighted by molar-refractivity contribution is 5.94. The molecule has 0 bridgehead atoms. The molecule has 4 heteroatoms. The number of anilines is 1. The Morgan fingerprint density at radius 2 is 1.45 bits per heavy atom. The molecule has 3 aromatic carbocycles. The van der Waals surface area contributed by atoms with Crippen LogP contribution >= 0.6 is 0 Å². The molecule has 0 heterocycles. The Morgan fingerprint density at radius 1 is 0.806 bits per heavy atom. The Kier molecular flexibility index (Phi) is 8.53. The van der Waals surface area contributed by atoms with Gasteiger partial charge in [0.15, 0.2) is 6.10 Å². The first-order valence-corrected chi connectivity index (χ1v) is 11.0. The molecule has 3 aromatic rings. The minimum Gasteiger partial charge on any atom is -0.494 e. The van der Waals surface area contributed by atoms with E-state index in [4.69, 9.17) is 9.47 Å². The van der Waals surface area contributed by atoms with Crippen LogP contribution in [-0.2, 0) is 4.79 Å². The van der Waals surface area contributed by atoms with E-state index in [2.05, 4.69) is 24.4 Å². The van der Waals surface area contributed by atoms with Gasteiger partial charge in [-0.1, -0.05) is 68.7 Å². The van der Waals surface area contributed by atoms with Gasteiger partial charge in [-0.3, -0.25) is 4.79 Å². The predicted molar refractivity (Wildman–Crippen MR) is 127 cm³/mol. The molecule has 0 aliphatic heterocycles. The average Bonchev–Trinajstić information content (AvgIpc) is 2.81. The van der Waals surface area contributed by atoms with Gasteiger partial charge in [0.25, 0.3) is 5.91 Å². The van der Waals surface area contributed by atoms with Crippen LogP contribution in [0.15, 0.2) is 78.9 Å². The first kappa shape index (κ1) is 22.4. The van der Waals surface area contributed by atoms with Crippen LogP contribution in [0, 0.1) is 0 Å². The van der Waals surface area contributed by atoms with Crippen LogP contribution in [0.4, 0.5) is 5.69 Å². The van der Waals surface area contributed by atoms with E-state index in [1.807, 2.05) is 66.7 Å². The maximum Gasteiger partial charge on any atom is 0.265 e. The third kappa shape index (κ3) is 7.18. The van der Waals surface area contributed by atoms with Gasteiger partial charge in [-0.2, -0.15) is 0 Å². The molecule has 1 unspecified atom stereocenters. The van der Waals surface area contributed by atoms with Crippen molar-refractivity contribution >= 4 is 11.6 Å². The number of carbonyl (C=O) groups is 1. The van der Waals surface area contributed by atoms with Gasteiger partial charge in [-0.15, -0.1) is 0 Å². The first-order valence-electron chi connectivity index (χ1n) is 11.0. The Labute approximate surface area is 185 Å². The molecule has 1 amide bonds. The molecule has 1 atom stereocenters. The van der Waals surface area contributed by atoms with Gasteiger partial charge >= 0.3 is 0 Å². The number of rotatable bonds is 11. The molecule has 0 fully saturated rings. The van der Waals surface area contributed by atoms with Gasteiger partial charge in [-0.05, 0) is 60.9 Å². The van der Waals surface area contributed by atoms with Crippen molar-refractivity contribution in [3.8, 4) is 22.6 Å². The Morgan fingerprint density at radius 3 is 2.13 bits per heavy atom. The van der Waals surface area contributed by atoms with Crippen LogP contribution in [0.1, 0.15) is 39.5 Å². The number of ether oxygens (including phenoxy) is 2. The van der Waals surface area contributed by atoms with Crippen molar-refractivity contribution in [2.45, 2.75) is 45.6 Å². The van der Waals surface area contributed by atoms with Crippen molar-refractivity contribution in [2.75, 3.05) is 11.9 Å². The van der Waals surface area contributed by atoms with Crippen LogP contribution in [0.25, 0.3) is 11.1 Å². The molecule has 162 valence electrons. The quantitative estimate of drug-likeness (QED) is 0.352. The van der Waals surface area contributed by atoms with Crippen LogP contribution in [0.3, 0.4) is 0 Å². The van der Waals surface area contributed by atoms with Gasteiger partial charge in [0.1, 0.15) is 11.5 Å². The summed E-state index contributed by atoms with van der Waals surface area (Å²) in [6.07, 6.45) is 4.10. The highest BCUT2D eigenvalue weighted by Crippen LogP contribution is 2.23. The second kappa shape index (κ2) is 11.8. The lowest BCUT2D eigenvalue weighted by molar-refractivity contribution is -0.122. The summed E-state index contributed by atoms with van der Waals surface area (Å²) >= 11 is 0. The third-order valence-electron chi connectivity index (χ3n) is 5.03. The van der Waals surface area contributed by atoms with Crippen molar-refractivity contribution < 1.29 is 14.3 Å². The van der Waals surface area contributed by atoms with E-state index in [9.17, 15) is 4.79 Å². The zero-order valence-corrected chi connectivity index (χ0v) is 18.3. The lowest BCUT2D eigenvalue weighted by atomic mass is 10.1. The summed E-state index contributed by atoms with van der Waals surface area (Å²) in [4.78, 5) is 12.5. The molecule has 0 aliphatic rings. The number of benzene rings is 3. The van der Waals surface area contributed by atoms with E-state index >= 15 is 0 Å². The Hall–Kier alpha value is -3.27. The van der Waals surface area contributed by atoms with E-state index in [-0.39, 0.29) is 5.91 Å². The molecular weight excluding hydrogens is 386 g/mol. The predicted octanol–water partition coefficient (Wildman–Crippen LogP) is 6.72. The lowest BCUT2D eigenvalue weighted by Crippen LogP contribution is -2.30. The number of nitrogens with one attached hydrogen (secondary N) is 1. The van der Waals surface area contributed by atoms with Crippen LogP contribution in [0.2, 0.25) is 0 Å². The largest absolute Gasteiger partial charge is 0.494 e. The van der Waals surface area contributed by atoms with Gasteiger partial charge in [0.2, 0.25) is 0 Å². The summed E-state index contributed by atoms with van der Waals surface area (Å²) in [5.41, 5.74) is 2.98. The number of hydrogen-bond donors (Lipinski definition) is 1. The summed E-state index contributed by atoms with van der Waals surface area (Å²) in [7, 11) is 0. The van der Waals surface area contributed by atoms with Gasteiger partial charge < -0.3 is 14.8 Å². The van der Waals surface area contributed by atoms with E-state index in [0.29, 0.717) is 5.75 Å². The fourth-order valence-electron chi connectivity index (χ4n) is 3.21. The van der Waals surface area contributed by atoms with Crippen molar-refractivity contribution in [3.63, 3.8) is 0 Å². The maximum absolute atomic E-state index is 12.5. The van der Waals surface area contributed by atoms with Crippen molar-refractivity contribution in [3.05, 3.63) is 78.9 Å². The summed E-state index contributed by atoms with van der Waals surface area (Å²) in [6, 6.07) is 25.4. The summed E-state index contributed by atoms with van der Waals surface area (Å²) in [5, 5.41) is 2.89. The van der Waals surface area contributed by atoms with Crippen molar-refractivity contribution in [1.82, 2.24) is 0 Å². The zero-order chi connectivity index (χ0) is 21.9. The molecule has 1 N–H and O–H groups in total. The van der Waals surface area contributed by atoms with Crippen LogP contribution in [0.5, 0.6) is 11.5 Å². The zero-order valence-electron chi connectivity index (χ0n) is 18.3. The van der Waals surface area contributed by atoms with E-state index in [0.717, 1.165) is 35.6 Å². The Bertz CT molecular complexity index is 921. The second-order valence-electron chi connectivity index (χ2n) is 7.57. The minimum atomic E-state index is -0.614. The molecule has 0 saturated heterocycles. The Balaban J connectivity index is 1.47. The van der Waals surface area contributed by atoms with Crippen LogP contribution < -0.4 is 14.8 Å². The number of unbranched alkanes of at least 4 members (excludes halogenated alkanes) is 3. The first-order chi connectivity index (χ1) is 15.2. The molecule has 0 spiro atoms. The molecule has 0 aromatic heterocycles. The highest BCUT2D eigenvalue weighted by atomic mass is 16.5. The molecule has 0 aliphatic carbocycles. The molecule has 31 heavy (non-hydrogen) atoms. The standard InChI is InChI=1S/C27H31NO3/c1-3-4-5-9-20-30-25-18-14-24(15-19-25)28-27(29)21(2)31-26-16-12-23(13-17-26)22-10-7-6-8-11-22/h6-8,10-19,21H,3-5,9,20H2,1-2H3,(H,28,29). The van der Waals surface area contributed by atoms with Gasteiger partial charge in [-0.25, -0.2) is 0 Å². The normalized spacial score (nSPS) is 11.5. The van der Waals surface area contributed by atoms with Crippen LogP contribution in [-0.4, -0.2) is 18.6 Å². The monoisotopic (exact) mass is 417 g/mol. The fraction of sp³-hybridized carbons (Fsp3) is 0.296. The highest BCUT2D eigenvalue weighted by Gasteiger charge is 2.15. The molecule has 4 nitrogen and oxygen atoms in total. The number of hydrogen-bond acceptors (Lipinski definition) is 3. The maximum atomic E-state index is 12.5. The molecule has 0 saturated carbocycles. The minimum absolute atomic E-state index is 0.194. The smallest absolute Gasteiger partial charge is 0.265 e. The second-order valence-corrected chi connectivity index (χ2v) is 7.57. The summed E-state index contributed by atoms with van der Waals surface area (Å²) in [6.45, 7) is 4.66. The van der Waals surface area contributed by atoms with E-state index < -0.39 is 6.10 Å². The number of carbonyl (C=O) groups excluding carboxylic acids is 1. The molecule has 0 radical (unpaired) electrons. The van der Waals surface area contributed by atoms with Crippen molar-refractivity contribution in [2.24, 2.45) is 0 Å². The summed E-state index contributed by atoms with van der Waals surface area (Å²) < 4.78 is 11.6. The summed E-state index contributed by atoms with van der Waals surface area (Å²) in [5.74, 6) is 1.28. The lowest BCUT2D eigenvalue weighted by Gasteiger charge is -2.15. The molecule has 3 rings (SSSR count). The van der Waals surface area contributed by atoms with Gasteiger partial charge in [0.05, 0.1) is 6.61 Å².